The van der Waals surface area contributed by atoms with E-state index in [4.69, 9.17) is 14.5 Å². The van der Waals surface area contributed by atoms with Crippen molar-refractivity contribution in [2.45, 2.75) is 44.2 Å². The Morgan fingerprint density at radius 1 is 1.22 bits per heavy atom. The number of thiazole rings is 1. The van der Waals surface area contributed by atoms with Crippen LogP contribution in [-0.4, -0.2) is 51.4 Å². The molecule has 0 spiro atoms. The zero-order valence-electron chi connectivity index (χ0n) is 17.9. The maximum Gasteiger partial charge on any atom is 0.407 e. The number of fused-ring (bicyclic) bond motifs is 1. The van der Waals surface area contributed by atoms with E-state index < -0.39 is 6.09 Å². The van der Waals surface area contributed by atoms with Crippen molar-refractivity contribution in [2.75, 3.05) is 20.8 Å². The summed E-state index contributed by atoms with van der Waals surface area (Å²) < 4.78 is 12.5. The molecule has 2 fully saturated rings. The van der Waals surface area contributed by atoms with Crippen LogP contribution in [0.2, 0.25) is 0 Å². The zero-order valence-corrected chi connectivity index (χ0v) is 18.7. The van der Waals surface area contributed by atoms with Crippen LogP contribution in [0.5, 0.6) is 11.5 Å². The molecule has 1 aromatic carbocycles. The van der Waals surface area contributed by atoms with E-state index in [9.17, 15) is 14.7 Å². The van der Waals surface area contributed by atoms with Gasteiger partial charge in [0, 0.05) is 24.1 Å². The van der Waals surface area contributed by atoms with Crippen molar-refractivity contribution >= 4 is 27.8 Å². The second kappa shape index (κ2) is 8.09. The summed E-state index contributed by atoms with van der Waals surface area (Å²) in [7, 11) is 3.18. The largest absolute Gasteiger partial charge is 0.497 e. The summed E-state index contributed by atoms with van der Waals surface area (Å²) in [4.78, 5) is 36.5. The summed E-state index contributed by atoms with van der Waals surface area (Å²) in [5, 5.41) is 10.1. The fourth-order valence-corrected chi connectivity index (χ4v) is 5.38. The van der Waals surface area contributed by atoms with E-state index in [2.05, 4.69) is 4.98 Å². The number of nitrogens with zero attached hydrogens (tertiary/aromatic N) is 4. The van der Waals surface area contributed by atoms with Gasteiger partial charge in [-0.3, -0.25) is 14.3 Å². The summed E-state index contributed by atoms with van der Waals surface area (Å²) in [6, 6.07) is 5.21. The van der Waals surface area contributed by atoms with Crippen LogP contribution in [-0.2, 0) is 6.54 Å². The van der Waals surface area contributed by atoms with Gasteiger partial charge in [-0.1, -0.05) is 11.3 Å². The quantitative estimate of drug-likeness (QED) is 0.604. The van der Waals surface area contributed by atoms with Gasteiger partial charge < -0.3 is 14.6 Å². The molecule has 0 bridgehead atoms. The number of methoxy groups -OCH3 is 2. The second-order valence-corrected chi connectivity index (χ2v) is 9.16. The van der Waals surface area contributed by atoms with Crippen molar-refractivity contribution in [1.82, 2.24) is 19.4 Å². The van der Waals surface area contributed by atoms with E-state index in [1.54, 1.807) is 24.9 Å². The Hall–Kier alpha value is -3.14. The van der Waals surface area contributed by atoms with E-state index in [-0.39, 0.29) is 17.5 Å². The number of hydrogen-bond acceptors (Lipinski definition) is 7. The number of hydrogen-bond donors (Lipinski definition) is 1. The molecule has 1 N–H and O–H groups in total. The summed E-state index contributed by atoms with van der Waals surface area (Å²) in [6.45, 7) is 0.802. The lowest BCUT2D eigenvalue weighted by Gasteiger charge is -2.18. The molecule has 2 aromatic heterocycles. The lowest BCUT2D eigenvalue weighted by Crippen LogP contribution is -2.28. The maximum absolute atomic E-state index is 13.5. The first-order valence-electron chi connectivity index (χ1n) is 10.6. The predicted octanol–water partition coefficient (Wildman–Crippen LogP) is 3.61. The molecule has 32 heavy (non-hydrogen) atoms. The number of rotatable bonds is 6. The molecule has 9 nitrogen and oxygen atoms in total. The second-order valence-electron chi connectivity index (χ2n) is 8.15. The van der Waals surface area contributed by atoms with E-state index >= 15 is 0 Å². The Morgan fingerprint density at radius 2 is 2.03 bits per heavy atom. The Balaban J connectivity index is 1.59. The average Bonchev–Trinajstić information content (AvgIpc) is 3.35. The van der Waals surface area contributed by atoms with Gasteiger partial charge in [0.15, 0.2) is 10.3 Å². The number of ether oxygens (including phenoxy) is 2. The first-order valence-corrected chi connectivity index (χ1v) is 11.4. The monoisotopic (exact) mass is 456 g/mol. The van der Waals surface area contributed by atoms with Crippen molar-refractivity contribution in [3.63, 3.8) is 0 Å². The third-order valence-electron chi connectivity index (χ3n) is 6.11. The molecule has 0 radical (unpaired) electrons. The molecule has 1 saturated heterocycles. The van der Waals surface area contributed by atoms with Gasteiger partial charge in [0.05, 0.1) is 26.8 Å². The first-order chi connectivity index (χ1) is 15.5. The van der Waals surface area contributed by atoms with Crippen LogP contribution in [0.4, 0.5) is 4.79 Å². The van der Waals surface area contributed by atoms with Gasteiger partial charge in [0.1, 0.15) is 22.3 Å². The standard InChI is InChI=1S/C22H24N4O5S/c1-30-14-8-7-13(16(10-14)31-2)11-26-18(12-5-6-12)24-20-17(21(26)27)23-19(32-20)15-4-3-9-25(15)22(28)29/h7-8,10,12,15H,3-6,9,11H2,1-2H3,(H,28,29)/t15-/m1/s1. The summed E-state index contributed by atoms with van der Waals surface area (Å²) in [5.41, 5.74) is 0.956. The summed E-state index contributed by atoms with van der Waals surface area (Å²) in [5.74, 6) is 2.33. The molecule has 168 valence electrons. The van der Waals surface area contributed by atoms with Crippen molar-refractivity contribution in [3.05, 3.63) is 44.9 Å². The van der Waals surface area contributed by atoms with E-state index in [0.717, 1.165) is 30.7 Å². The van der Waals surface area contributed by atoms with Gasteiger partial charge >= 0.3 is 6.09 Å². The molecule has 3 heterocycles. The van der Waals surface area contributed by atoms with Gasteiger partial charge in [-0.25, -0.2) is 14.8 Å². The molecule has 10 heteroatoms. The molecule has 0 unspecified atom stereocenters. The maximum atomic E-state index is 13.5. The highest BCUT2D eigenvalue weighted by atomic mass is 32.1. The smallest absolute Gasteiger partial charge is 0.407 e. The number of carboxylic acid groups (broad SMARTS) is 1. The highest BCUT2D eigenvalue weighted by Gasteiger charge is 2.34. The first kappa shape index (κ1) is 20.7. The zero-order chi connectivity index (χ0) is 22.4. The molecule has 5 rings (SSSR count). The number of carbonyl (C=O) groups is 1. The highest BCUT2D eigenvalue weighted by molar-refractivity contribution is 7.18. The van der Waals surface area contributed by atoms with E-state index in [0.29, 0.717) is 46.4 Å². The normalized spacial score (nSPS) is 18.3. The molecule has 1 aliphatic heterocycles. The average molecular weight is 457 g/mol. The van der Waals surface area contributed by atoms with E-state index in [1.165, 1.54) is 16.2 Å². The molecular weight excluding hydrogens is 432 g/mol. The molecule has 1 aliphatic carbocycles. The Kier molecular flexibility index (Phi) is 5.24. The topological polar surface area (TPSA) is 107 Å². The number of amides is 1. The molecule has 1 amide bonds. The van der Waals surface area contributed by atoms with Crippen LogP contribution >= 0.6 is 11.3 Å². The predicted molar refractivity (Wildman–Crippen MR) is 119 cm³/mol. The van der Waals surface area contributed by atoms with Gasteiger partial charge in [0.25, 0.3) is 5.56 Å². The lowest BCUT2D eigenvalue weighted by atomic mass is 10.1. The number of aromatic nitrogens is 3. The van der Waals surface area contributed by atoms with Crippen molar-refractivity contribution < 1.29 is 19.4 Å². The number of likely N-dealkylation sites (tertiary alicyclic amines) is 1. The highest BCUT2D eigenvalue weighted by Crippen LogP contribution is 2.41. The third-order valence-corrected chi connectivity index (χ3v) is 7.17. The molecule has 3 aromatic rings. The SMILES string of the molecule is COc1ccc(Cn2c(C3CC3)nc3sc([C@H]4CCCN4C(=O)O)nc3c2=O)c(OC)c1. The molecular formula is C22H24N4O5S. The summed E-state index contributed by atoms with van der Waals surface area (Å²) in [6.07, 6.45) is 2.54. The molecule has 1 saturated carbocycles. The minimum atomic E-state index is -0.956. The number of benzene rings is 1. The van der Waals surface area contributed by atoms with Crippen LogP contribution in [0.15, 0.2) is 23.0 Å². The minimum Gasteiger partial charge on any atom is -0.497 e. The lowest BCUT2D eigenvalue weighted by molar-refractivity contribution is 0.140. The van der Waals surface area contributed by atoms with Gasteiger partial charge in [-0.2, -0.15) is 0 Å². The van der Waals surface area contributed by atoms with Crippen LogP contribution in [0.25, 0.3) is 10.3 Å². The summed E-state index contributed by atoms with van der Waals surface area (Å²) >= 11 is 1.34. The van der Waals surface area contributed by atoms with Crippen molar-refractivity contribution in [2.24, 2.45) is 0 Å². The van der Waals surface area contributed by atoms with E-state index in [1.807, 2.05) is 12.1 Å². The van der Waals surface area contributed by atoms with Crippen LogP contribution in [0.1, 0.15) is 54.0 Å². The van der Waals surface area contributed by atoms with Crippen molar-refractivity contribution in [3.8, 4) is 11.5 Å². The van der Waals surface area contributed by atoms with Gasteiger partial charge in [-0.15, -0.1) is 0 Å². The van der Waals surface area contributed by atoms with Crippen LogP contribution in [0, 0.1) is 0 Å². The van der Waals surface area contributed by atoms with Crippen LogP contribution in [0.3, 0.4) is 0 Å². The molecule has 2 aliphatic rings. The molecule has 1 atom stereocenters. The third kappa shape index (κ3) is 3.58. The Morgan fingerprint density at radius 3 is 2.72 bits per heavy atom. The minimum absolute atomic E-state index is 0.197. The fraction of sp³-hybridized carbons (Fsp3) is 0.455. The Bertz CT molecular complexity index is 1250. The van der Waals surface area contributed by atoms with Crippen LogP contribution < -0.4 is 15.0 Å². The van der Waals surface area contributed by atoms with Crippen molar-refractivity contribution in [1.29, 1.82) is 0 Å². The fourth-order valence-electron chi connectivity index (χ4n) is 4.29. The van der Waals surface area contributed by atoms with Gasteiger partial charge in [-0.05, 0) is 37.8 Å². The Labute approximate surface area is 188 Å². The van der Waals surface area contributed by atoms with Gasteiger partial charge in [0.2, 0.25) is 0 Å².